The average molecular weight is 334 g/mol. The summed E-state index contributed by atoms with van der Waals surface area (Å²) in [7, 11) is -3.40. The van der Waals surface area contributed by atoms with Crippen LogP contribution in [-0.2, 0) is 14.8 Å². The van der Waals surface area contributed by atoms with Crippen LogP contribution in [0.5, 0.6) is 0 Å². The zero-order valence-corrected chi connectivity index (χ0v) is 12.6. The van der Waals surface area contributed by atoms with Gasteiger partial charge < -0.3 is 4.74 Å². The average Bonchev–Trinajstić information content (AvgIpc) is 2.39. The standard InChI is InChI=1S/C12H16BrNO3S/c1-10-4-2-3-5-12(10)18(15,16)14-6-7-17-11(8-13)9-14/h2-5,11H,6-9H2,1H3. The normalized spacial score (nSPS) is 22.0. The van der Waals surface area contributed by atoms with E-state index in [0.29, 0.717) is 29.9 Å². The van der Waals surface area contributed by atoms with Crippen molar-refractivity contribution in [3.05, 3.63) is 29.8 Å². The molecule has 0 radical (unpaired) electrons. The Morgan fingerprint density at radius 2 is 2.17 bits per heavy atom. The quantitative estimate of drug-likeness (QED) is 0.792. The van der Waals surface area contributed by atoms with Gasteiger partial charge in [0.1, 0.15) is 0 Å². The Morgan fingerprint density at radius 1 is 1.44 bits per heavy atom. The third-order valence-corrected chi connectivity index (χ3v) is 5.73. The number of sulfonamides is 1. The van der Waals surface area contributed by atoms with Gasteiger partial charge >= 0.3 is 0 Å². The molecule has 0 aromatic heterocycles. The molecule has 1 atom stereocenters. The monoisotopic (exact) mass is 333 g/mol. The summed E-state index contributed by atoms with van der Waals surface area (Å²) in [6, 6.07) is 7.07. The van der Waals surface area contributed by atoms with E-state index >= 15 is 0 Å². The Balaban J connectivity index is 2.29. The number of benzene rings is 1. The van der Waals surface area contributed by atoms with Gasteiger partial charge in [0.05, 0.1) is 17.6 Å². The second-order valence-electron chi connectivity index (χ2n) is 4.28. The van der Waals surface area contributed by atoms with Gasteiger partial charge in [-0.2, -0.15) is 4.31 Å². The van der Waals surface area contributed by atoms with Crippen molar-refractivity contribution in [2.75, 3.05) is 25.0 Å². The van der Waals surface area contributed by atoms with Crippen LogP contribution >= 0.6 is 15.9 Å². The zero-order valence-electron chi connectivity index (χ0n) is 10.2. The lowest BCUT2D eigenvalue weighted by Crippen LogP contribution is -2.46. The van der Waals surface area contributed by atoms with Crippen molar-refractivity contribution in [3.63, 3.8) is 0 Å². The van der Waals surface area contributed by atoms with E-state index in [1.54, 1.807) is 12.1 Å². The number of hydrogen-bond donors (Lipinski definition) is 0. The predicted molar refractivity (Wildman–Crippen MR) is 73.5 cm³/mol. The van der Waals surface area contributed by atoms with Gasteiger partial charge in [-0.25, -0.2) is 8.42 Å². The van der Waals surface area contributed by atoms with Crippen LogP contribution in [0.1, 0.15) is 5.56 Å². The third-order valence-electron chi connectivity index (χ3n) is 2.99. The van der Waals surface area contributed by atoms with Crippen LogP contribution < -0.4 is 0 Å². The van der Waals surface area contributed by atoms with Crippen LogP contribution in [0.25, 0.3) is 0 Å². The Hall–Kier alpha value is -0.430. The Labute approximate surface area is 116 Å². The first-order valence-electron chi connectivity index (χ1n) is 5.79. The Morgan fingerprint density at radius 3 is 2.83 bits per heavy atom. The molecule has 0 bridgehead atoms. The lowest BCUT2D eigenvalue weighted by Gasteiger charge is -2.31. The molecule has 1 fully saturated rings. The summed E-state index contributed by atoms with van der Waals surface area (Å²) in [5.74, 6) is 0. The number of hydrogen-bond acceptors (Lipinski definition) is 3. The van der Waals surface area contributed by atoms with Gasteiger partial charge in [0, 0.05) is 18.4 Å². The summed E-state index contributed by atoms with van der Waals surface area (Å²) in [6.45, 7) is 3.08. The molecule has 0 amide bonds. The minimum atomic E-state index is -3.40. The SMILES string of the molecule is Cc1ccccc1S(=O)(=O)N1CCOC(CBr)C1. The minimum absolute atomic E-state index is 0.0717. The second-order valence-corrected chi connectivity index (χ2v) is 6.83. The van der Waals surface area contributed by atoms with Crippen LogP contribution in [0.4, 0.5) is 0 Å². The van der Waals surface area contributed by atoms with Crippen molar-refractivity contribution in [1.82, 2.24) is 4.31 Å². The van der Waals surface area contributed by atoms with Gasteiger partial charge in [0.25, 0.3) is 0 Å². The van der Waals surface area contributed by atoms with Crippen molar-refractivity contribution >= 4 is 26.0 Å². The maximum Gasteiger partial charge on any atom is 0.243 e. The fourth-order valence-corrected chi connectivity index (χ4v) is 4.06. The van der Waals surface area contributed by atoms with Gasteiger partial charge in [-0.3, -0.25) is 0 Å². The molecule has 1 aromatic carbocycles. The molecular formula is C12H16BrNO3S. The molecule has 0 spiro atoms. The molecule has 0 aliphatic carbocycles. The smallest absolute Gasteiger partial charge is 0.243 e. The zero-order chi connectivity index (χ0) is 13.2. The maximum atomic E-state index is 12.5. The highest BCUT2D eigenvalue weighted by atomic mass is 79.9. The summed E-state index contributed by atoms with van der Waals surface area (Å²) in [6.07, 6.45) is -0.0717. The lowest BCUT2D eigenvalue weighted by atomic mass is 10.2. The van der Waals surface area contributed by atoms with Crippen molar-refractivity contribution in [3.8, 4) is 0 Å². The molecule has 4 nitrogen and oxygen atoms in total. The van der Waals surface area contributed by atoms with Gasteiger partial charge in [-0.1, -0.05) is 34.1 Å². The van der Waals surface area contributed by atoms with E-state index in [1.807, 2.05) is 19.1 Å². The summed E-state index contributed by atoms with van der Waals surface area (Å²) in [5.41, 5.74) is 0.777. The van der Waals surface area contributed by atoms with E-state index in [0.717, 1.165) is 5.56 Å². The van der Waals surface area contributed by atoms with E-state index in [9.17, 15) is 8.42 Å². The number of halogens is 1. The molecule has 0 saturated carbocycles. The maximum absolute atomic E-state index is 12.5. The molecule has 1 aliphatic heterocycles. The van der Waals surface area contributed by atoms with Gasteiger partial charge in [0.2, 0.25) is 10.0 Å². The van der Waals surface area contributed by atoms with Crippen LogP contribution in [-0.4, -0.2) is 43.9 Å². The second kappa shape index (κ2) is 5.69. The molecule has 1 saturated heterocycles. The highest BCUT2D eigenvalue weighted by molar-refractivity contribution is 9.09. The van der Waals surface area contributed by atoms with Gasteiger partial charge in [-0.15, -0.1) is 0 Å². The number of morpholine rings is 1. The fraction of sp³-hybridized carbons (Fsp3) is 0.500. The summed E-state index contributed by atoms with van der Waals surface area (Å²) in [5, 5.41) is 0.646. The highest BCUT2D eigenvalue weighted by Crippen LogP contribution is 2.22. The molecule has 1 aromatic rings. The largest absolute Gasteiger partial charge is 0.375 e. The van der Waals surface area contributed by atoms with E-state index in [-0.39, 0.29) is 6.10 Å². The summed E-state index contributed by atoms with van der Waals surface area (Å²) in [4.78, 5) is 0.389. The first-order chi connectivity index (χ1) is 8.55. The van der Waals surface area contributed by atoms with Crippen molar-refractivity contribution < 1.29 is 13.2 Å². The van der Waals surface area contributed by atoms with E-state index in [4.69, 9.17) is 4.74 Å². The summed E-state index contributed by atoms with van der Waals surface area (Å²) >= 11 is 3.33. The van der Waals surface area contributed by atoms with Gasteiger partial charge in [-0.05, 0) is 18.6 Å². The molecule has 18 heavy (non-hydrogen) atoms. The van der Waals surface area contributed by atoms with Gasteiger partial charge in [0.15, 0.2) is 0 Å². The minimum Gasteiger partial charge on any atom is -0.375 e. The first-order valence-corrected chi connectivity index (χ1v) is 8.35. The van der Waals surface area contributed by atoms with Crippen molar-refractivity contribution in [2.45, 2.75) is 17.9 Å². The number of alkyl halides is 1. The molecule has 100 valence electrons. The van der Waals surface area contributed by atoms with Crippen LogP contribution in [0.15, 0.2) is 29.2 Å². The van der Waals surface area contributed by atoms with E-state index in [1.165, 1.54) is 4.31 Å². The van der Waals surface area contributed by atoms with E-state index < -0.39 is 10.0 Å². The van der Waals surface area contributed by atoms with Crippen LogP contribution in [0, 0.1) is 6.92 Å². The number of nitrogens with zero attached hydrogens (tertiary/aromatic N) is 1. The van der Waals surface area contributed by atoms with E-state index in [2.05, 4.69) is 15.9 Å². The molecule has 1 aliphatic rings. The fourth-order valence-electron chi connectivity index (χ4n) is 1.99. The first kappa shape index (κ1) is 14.0. The Bertz CT molecular complexity index is 518. The predicted octanol–water partition coefficient (Wildman–Crippen LogP) is 1.78. The molecule has 1 unspecified atom stereocenters. The topological polar surface area (TPSA) is 46.6 Å². The lowest BCUT2D eigenvalue weighted by molar-refractivity contribution is 0.0136. The highest BCUT2D eigenvalue weighted by Gasteiger charge is 2.30. The van der Waals surface area contributed by atoms with Crippen LogP contribution in [0.2, 0.25) is 0 Å². The van der Waals surface area contributed by atoms with Crippen molar-refractivity contribution in [1.29, 1.82) is 0 Å². The van der Waals surface area contributed by atoms with Crippen molar-refractivity contribution in [2.24, 2.45) is 0 Å². The third kappa shape index (κ3) is 2.77. The Kier molecular flexibility index (Phi) is 4.42. The number of aryl methyl sites for hydroxylation is 1. The van der Waals surface area contributed by atoms with Crippen LogP contribution in [0.3, 0.4) is 0 Å². The molecule has 0 N–H and O–H groups in total. The molecular weight excluding hydrogens is 318 g/mol. The summed E-state index contributed by atoms with van der Waals surface area (Å²) < 4.78 is 32.0. The number of ether oxygens (including phenoxy) is 1. The molecule has 2 rings (SSSR count). The number of rotatable bonds is 3. The molecule has 6 heteroatoms. The molecule has 1 heterocycles.